The molecule has 138 valence electrons. The van der Waals surface area contributed by atoms with Crippen molar-refractivity contribution in [1.82, 2.24) is 0 Å². The summed E-state index contributed by atoms with van der Waals surface area (Å²) in [4.78, 5) is 12.1. The van der Waals surface area contributed by atoms with Crippen molar-refractivity contribution in [3.8, 4) is 0 Å². The molecule has 2 N–H and O–H groups in total. The molecule has 26 heavy (non-hydrogen) atoms. The summed E-state index contributed by atoms with van der Waals surface area (Å²) in [5.74, 6) is 0.483. The van der Waals surface area contributed by atoms with Crippen LogP contribution in [-0.4, -0.2) is 14.3 Å². The smallest absolute Gasteiger partial charge is 0.261 e. The van der Waals surface area contributed by atoms with Crippen molar-refractivity contribution < 1.29 is 13.2 Å². The van der Waals surface area contributed by atoms with E-state index >= 15 is 0 Å². The maximum absolute atomic E-state index is 12.6. The molecule has 1 amide bonds. The van der Waals surface area contributed by atoms with Gasteiger partial charge in [-0.25, -0.2) is 8.42 Å². The van der Waals surface area contributed by atoms with Crippen LogP contribution in [0.4, 0.5) is 11.4 Å². The van der Waals surface area contributed by atoms with Gasteiger partial charge >= 0.3 is 0 Å². The Bertz CT molecular complexity index is 888. The fourth-order valence-corrected chi connectivity index (χ4v) is 3.73. The monoisotopic (exact) mass is 372 g/mol. The summed E-state index contributed by atoms with van der Waals surface area (Å²) >= 11 is 0. The van der Waals surface area contributed by atoms with Crippen LogP contribution in [0, 0.1) is 5.92 Å². The fraction of sp³-hybridized carbons (Fsp3) is 0.350. The van der Waals surface area contributed by atoms with Crippen molar-refractivity contribution in [3.63, 3.8) is 0 Å². The van der Waals surface area contributed by atoms with E-state index in [-0.39, 0.29) is 16.7 Å². The molecule has 0 saturated heterocycles. The lowest BCUT2D eigenvalue weighted by Gasteiger charge is -2.12. The molecule has 1 atom stereocenters. The molecule has 1 saturated carbocycles. The number of hydrogen-bond acceptors (Lipinski definition) is 3. The molecule has 1 aliphatic rings. The van der Waals surface area contributed by atoms with E-state index in [1.54, 1.807) is 36.4 Å². The highest BCUT2D eigenvalue weighted by atomic mass is 32.2. The molecular weight excluding hydrogens is 348 g/mol. The molecule has 1 fully saturated rings. The Labute approximate surface area is 154 Å². The van der Waals surface area contributed by atoms with Crippen LogP contribution in [0.15, 0.2) is 53.4 Å². The second-order valence-corrected chi connectivity index (χ2v) is 8.51. The van der Waals surface area contributed by atoms with Crippen LogP contribution in [0.25, 0.3) is 0 Å². The summed E-state index contributed by atoms with van der Waals surface area (Å²) in [6.45, 7) is 4.22. The van der Waals surface area contributed by atoms with Crippen LogP contribution in [0.1, 0.15) is 44.6 Å². The fourth-order valence-electron chi connectivity index (χ4n) is 2.68. The van der Waals surface area contributed by atoms with Gasteiger partial charge in [-0.15, -0.1) is 0 Å². The van der Waals surface area contributed by atoms with Crippen LogP contribution < -0.4 is 10.0 Å². The van der Waals surface area contributed by atoms with Gasteiger partial charge in [0.25, 0.3) is 10.0 Å². The van der Waals surface area contributed by atoms with Gasteiger partial charge in [-0.05, 0) is 61.1 Å². The molecule has 1 aliphatic carbocycles. The number of sulfonamides is 1. The largest absolute Gasteiger partial charge is 0.326 e. The summed E-state index contributed by atoms with van der Waals surface area (Å²) in [6.07, 6.45) is 2.85. The van der Waals surface area contributed by atoms with Crippen LogP contribution in [0.2, 0.25) is 0 Å². The molecule has 0 bridgehead atoms. The highest BCUT2D eigenvalue weighted by Gasteiger charge is 2.29. The first-order chi connectivity index (χ1) is 12.4. The third kappa shape index (κ3) is 4.43. The van der Waals surface area contributed by atoms with Gasteiger partial charge in [-0.3, -0.25) is 9.52 Å². The number of carbonyl (C=O) groups is 1. The predicted octanol–water partition coefficient (Wildman–Crippen LogP) is 4.35. The highest BCUT2D eigenvalue weighted by Crippen LogP contribution is 2.30. The Hall–Kier alpha value is -2.34. The number of carbonyl (C=O) groups excluding carboxylic acids is 1. The van der Waals surface area contributed by atoms with Gasteiger partial charge in [0.15, 0.2) is 0 Å². The minimum Gasteiger partial charge on any atom is -0.326 e. The van der Waals surface area contributed by atoms with Gasteiger partial charge in [0, 0.05) is 11.6 Å². The van der Waals surface area contributed by atoms with E-state index in [2.05, 4.69) is 23.9 Å². The molecule has 0 aliphatic heterocycles. The molecular formula is C20H24N2O3S. The van der Waals surface area contributed by atoms with E-state index in [0.29, 0.717) is 17.3 Å². The van der Waals surface area contributed by atoms with Crippen LogP contribution in [0.5, 0.6) is 0 Å². The second kappa shape index (κ2) is 7.50. The van der Waals surface area contributed by atoms with E-state index in [9.17, 15) is 13.2 Å². The Balaban J connectivity index is 1.73. The van der Waals surface area contributed by atoms with E-state index in [4.69, 9.17) is 0 Å². The third-order valence-corrected chi connectivity index (χ3v) is 6.10. The standard InChI is InChI=1S/C20H24N2O3S/c1-3-14(2)15-9-11-19(12-10-15)26(24,25)22-18-6-4-5-17(13-18)21-20(23)16-7-8-16/h4-6,9-14,16,22H,3,7-8H2,1-2H3,(H,21,23). The van der Waals surface area contributed by atoms with Crippen molar-refractivity contribution in [1.29, 1.82) is 0 Å². The van der Waals surface area contributed by atoms with Gasteiger partial charge in [-0.1, -0.05) is 32.0 Å². The van der Waals surface area contributed by atoms with Gasteiger partial charge in [0.05, 0.1) is 10.6 Å². The van der Waals surface area contributed by atoms with Gasteiger partial charge in [0.1, 0.15) is 0 Å². The molecule has 6 heteroatoms. The van der Waals surface area contributed by atoms with Gasteiger partial charge in [0.2, 0.25) is 5.91 Å². The third-order valence-electron chi connectivity index (χ3n) is 4.70. The Morgan fingerprint density at radius 2 is 1.77 bits per heavy atom. The maximum atomic E-state index is 12.6. The zero-order chi connectivity index (χ0) is 18.7. The maximum Gasteiger partial charge on any atom is 0.261 e. The summed E-state index contributed by atoms with van der Waals surface area (Å²) in [6, 6.07) is 13.7. The lowest BCUT2D eigenvalue weighted by molar-refractivity contribution is -0.117. The summed E-state index contributed by atoms with van der Waals surface area (Å²) in [5.41, 5.74) is 2.13. The van der Waals surface area contributed by atoms with Crippen molar-refractivity contribution in [2.75, 3.05) is 10.0 Å². The highest BCUT2D eigenvalue weighted by molar-refractivity contribution is 7.92. The molecule has 0 spiro atoms. The average Bonchev–Trinajstić information content (AvgIpc) is 3.46. The van der Waals surface area contributed by atoms with Crippen LogP contribution >= 0.6 is 0 Å². The van der Waals surface area contributed by atoms with E-state index in [0.717, 1.165) is 24.8 Å². The van der Waals surface area contributed by atoms with Crippen molar-refractivity contribution in [3.05, 3.63) is 54.1 Å². The zero-order valence-electron chi connectivity index (χ0n) is 15.0. The average molecular weight is 372 g/mol. The number of anilines is 2. The van der Waals surface area contributed by atoms with Gasteiger partial charge < -0.3 is 5.32 Å². The second-order valence-electron chi connectivity index (χ2n) is 6.83. The quantitative estimate of drug-likeness (QED) is 0.759. The van der Waals surface area contributed by atoms with Gasteiger partial charge in [-0.2, -0.15) is 0 Å². The van der Waals surface area contributed by atoms with E-state index < -0.39 is 10.0 Å². The first-order valence-corrected chi connectivity index (χ1v) is 10.4. The molecule has 0 aromatic heterocycles. The topological polar surface area (TPSA) is 75.3 Å². The molecule has 1 unspecified atom stereocenters. The van der Waals surface area contributed by atoms with Crippen molar-refractivity contribution in [2.24, 2.45) is 5.92 Å². The number of benzene rings is 2. The number of amides is 1. The lowest BCUT2D eigenvalue weighted by atomic mass is 9.99. The Morgan fingerprint density at radius 3 is 2.38 bits per heavy atom. The summed E-state index contributed by atoms with van der Waals surface area (Å²) in [7, 11) is -3.67. The Kier molecular flexibility index (Phi) is 5.32. The lowest BCUT2D eigenvalue weighted by Crippen LogP contribution is -2.15. The minimum absolute atomic E-state index is 0.00867. The molecule has 0 heterocycles. The number of rotatable bonds is 7. The summed E-state index contributed by atoms with van der Waals surface area (Å²) < 4.78 is 27.8. The van der Waals surface area contributed by atoms with Crippen LogP contribution in [0.3, 0.4) is 0 Å². The first-order valence-electron chi connectivity index (χ1n) is 8.92. The number of nitrogens with one attached hydrogen (secondary N) is 2. The van der Waals surface area contributed by atoms with E-state index in [1.165, 1.54) is 0 Å². The van der Waals surface area contributed by atoms with Crippen molar-refractivity contribution >= 4 is 27.3 Å². The molecule has 5 nitrogen and oxygen atoms in total. The molecule has 0 radical (unpaired) electrons. The molecule has 2 aromatic carbocycles. The van der Waals surface area contributed by atoms with E-state index in [1.807, 2.05) is 12.1 Å². The number of hydrogen-bond donors (Lipinski definition) is 2. The zero-order valence-corrected chi connectivity index (χ0v) is 15.8. The van der Waals surface area contributed by atoms with Crippen molar-refractivity contribution in [2.45, 2.75) is 43.9 Å². The van der Waals surface area contributed by atoms with Crippen LogP contribution in [-0.2, 0) is 14.8 Å². The predicted molar refractivity (Wildman–Crippen MR) is 104 cm³/mol. The molecule has 2 aromatic rings. The SMILES string of the molecule is CCC(C)c1ccc(S(=O)(=O)Nc2cccc(NC(=O)C3CC3)c2)cc1. The normalized spacial score (nSPS) is 15.3. The first kappa shape index (κ1) is 18.5. The molecule has 3 rings (SSSR count). The summed E-state index contributed by atoms with van der Waals surface area (Å²) in [5, 5.41) is 2.82. The Morgan fingerprint density at radius 1 is 1.12 bits per heavy atom. The minimum atomic E-state index is -3.67.